The number of nitrogens with one attached hydrogen (secondary N) is 1. The maximum atomic E-state index is 11.8. The second-order valence-corrected chi connectivity index (χ2v) is 4.40. The molecule has 0 spiro atoms. The fourth-order valence-electron chi connectivity index (χ4n) is 1.12. The summed E-state index contributed by atoms with van der Waals surface area (Å²) in [6.07, 6.45) is -0.659. The summed E-state index contributed by atoms with van der Waals surface area (Å²) in [5.74, 6) is -0.274. The van der Waals surface area contributed by atoms with Crippen molar-refractivity contribution < 1.29 is 15.0 Å². The van der Waals surface area contributed by atoms with Crippen molar-refractivity contribution in [1.29, 1.82) is 0 Å². The SMILES string of the molecule is CC(O)C(C)(C)NC(=O)c1cccc(O)c1. The summed E-state index contributed by atoms with van der Waals surface area (Å²) in [5.41, 5.74) is -0.337. The molecule has 1 aromatic rings. The fraction of sp³-hybridized carbons (Fsp3) is 0.417. The highest BCUT2D eigenvalue weighted by molar-refractivity contribution is 5.95. The van der Waals surface area contributed by atoms with Crippen LogP contribution in [0.15, 0.2) is 24.3 Å². The zero-order chi connectivity index (χ0) is 12.3. The molecule has 0 aliphatic carbocycles. The minimum absolute atomic E-state index is 0.0440. The van der Waals surface area contributed by atoms with Gasteiger partial charge in [0.1, 0.15) is 5.75 Å². The van der Waals surface area contributed by atoms with Crippen LogP contribution in [0, 0.1) is 0 Å². The second kappa shape index (κ2) is 4.53. The number of hydrogen-bond donors (Lipinski definition) is 3. The van der Waals surface area contributed by atoms with Crippen LogP contribution in [0.4, 0.5) is 0 Å². The molecule has 3 N–H and O–H groups in total. The van der Waals surface area contributed by atoms with Crippen LogP contribution < -0.4 is 5.32 Å². The molecule has 88 valence electrons. The smallest absolute Gasteiger partial charge is 0.251 e. The number of amides is 1. The van der Waals surface area contributed by atoms with Gasteiger partial charge in [0.05, 0.1) is 11.6 Å². The molecule has 0 aromatic heterocycles. The Bertz CT molecular complexity index is 386. The van der Waals surface area contributed by atoms with Crippen LogP contribution in [-0.4, -0.2) is 27.8 Å². The maximum Gasteiger partial charge on any atom is 0.251 e. The Morgan fingerprint density at radius 3 is 2.56 bits per heavy atom. The minimum atomic E-state index is -0.706. The summed E-state index contributed by atoms with van der Waals surface area (Å²) in [7, 11) is 0. The third-order valence-electron chi connectivity index (χ3n) is 2.59. The molecule has 0 aliphatic heterocycles. The van der Waals surface area contributed by atoms with Crippen LogP contribution in [0.25, 0.3) is 0 Å². The molecule has 1 unspecified atom stereocenters. The molecule has 16 heavy (non-hydrogen) atoms. The Hall–Kier alpha value is -1.55. The first kappa shape index (κ1) is 12.5. The normalized spacial score (nSPS) is 13.2. The van der Waals surface area contributed by atoms with Gasteiger partial charge in [-0.15, -0.1) is 0 Å². The highest BCUT2D eigenvalue weighted by atomic mass is 16.3. The molecule has 0 saturated carbocycles. The van der Waals surface area contributed by atoms with E-state index >= 15 is 0 Å². The second-order valence-electron chi connectivity index (χ2n) is 4.40. The van der Waals surface area contributed by atoms with Crippen molar-refractivity contribution in [2.45, 2.75) is 32.4 Å². The van der Waals surface area contributed by atoms with Gasteiger partial charge in [-0.25, -0.2) is 0 Å². The third kappa shape index (κ3) is 2.97. The quantitative estimate of drug-likeness (QED) is 0.723. The van der Waals surface area contributed by atoms with Crippen molar-refractivity contribution in [2.24, 2.45) is 0 Å². The number of phenols is 1. The number of aromatic hydroxyl groups is 1. The predicted octanol–water partition coefficient (Wildman–Crippen LogP) is 1.28. The van der Waals surface area contributed by atoms with Gasteiger partial charge in [0, 0.05) is 5.56 Å². The van der Waals surface area contributed by atoms with E-state index in [1.165, 1.54) is 12.1 Å². The number of carbonyl (C=O) groups is 1. The summed E-state index contributed by atoms with van der Waals surface area (Å²) in [4.78, 5) is 11.8. The number of hydrogen-bond acceptors (Lipinski definition) is 3. The molecule has 0 radical (unpaired) electrons. The average Bonchev–Trinajstić information content (AvgIpc) is 2.16. The van der Waals surface area contributed by atoms with E-state index in [0.29, 0.717) is 5.56 Å². The molecule has 4 nitrogen and oxygen atoms in total. The highest BCUT2D eigenvalue weighted by Gasteiger charge is 2.26. The van der Waals surface area contributed by atoms with Crippen LogP contribution in [0.1, 0.15) is 31.1 Å². The van der Waals surface area contributed by atoms with Crippen molar-refractivity contribution in [3.63, 3.8) is 0 Å². The number of carbonyl (C=O) groups excluding carboxylic acids is 1. The van der Waals surface area contributed by atoms with Crippen LogP contribution in [0.3, 0.4) is 0 Å². The first-order valence-electron chi connectivity index (χ1n) is 5.12. The molecule has 1 rings (SSSR count). The summed E-state index contributed by atoms with van der Waals surface area (Å²) < 4.78 is 0. The first-order chi connectivity index (χ1) is 7.33. The van der Waals surface area contributed by atoms with E-state index in [1.807, 2.05) is 0 Å². The Morgan fingerprint density at radius 1 is 1.44 bits per heavy atom. The van der Waals surface area contributed by atoms with E-state index in [1.54, 1.807) is 32.9 Å². The molecule has 0 heterocycles. The summed E-state index contributed by atoms with van der Waals surface area (Å²) in [5, 5.41) is 21.4. The van der Waals surface area contributed by atoms with Crippen molar-refractivity contribution in [3.8, 4) is 5.75 Å². The molecular weight excluding hydrogens is 206 g/mol. The molecule has 1 atom stereocenters. The van der Waals surface area contributed by atoms with Gasteiger partial charge in [-0.2, -0.15) is 0 Å². The van der Waals surface area contributed by atoms with Gasteiger partial charge in [-0.1, -0.05) is 6.07 Å². The summed E-state index contributed by atoms with van der Waals surface area (Å²) in [6.45, 7) is 5.08. The van der Waals surface area contributed by atoms with E-state index < -0.39 is 11.6 Å². The molecule has 1 aromatic carbocycles. The largest absolute Gasteiger partial charge is 0.508 e. The van der Waals surface area contributed by atoms with E-state index in [-0.39, 0.29) is 11.7 Å². The monoisotopic (exact) mass is 223 g/mol. The standard InChI is InChI=1S/C12H17NO3/c1-8(14)12(2,3)13-11(16)9-5-4-6-10(15)7-9/h4-8,14-15H,1-3H3,(H,13,16). The molecule has 0 saturated heterocycles. The van der Waals surface area contributed by atoms with Crippen LogP contribution >= 0.6 is 0 Å². The number of aliphatic hydroxyl groups is 1. The lowest BCUT2D eigenvalue weighted by Crippen LogP contribution is -2.50. The van der Waals surface area contributed by atoms with Crippen LogP contribution in [0.5, 0.6) is 5.75 Å². The number of benzene rings is 1. The molecule has 0 bridgehead atoms. The lowest BCUT2D eigenvalue weighted by atomic mass is 9.98. The number of rotatable bonds is 3. The Morgan fingerprint density at radius 2 is 2.06 bits per heavy atom. The topological polar surface area (TPSA) is 69.6 Å². The number of phenolic OH excluding ortho intramolecular Hbond substituents is 1. The van der Waals surface area contributed by atoms with Crippen LogP contribution in [-0.2, 0) is 0 Å². The minimum Gasteiger partial charge on any atom is -0.508 e. The highest BCUT2D eigenvalue weighted by Crippen LogP contribution is 2.13. The molecule has 4 heteroatoms. The molecule has 0 aliphatic rings. The van der Waals surface area contributed by atoms with Crippen LogP contribution in [0.2, 0.25) is 0 Å². The molecule has 1 amide bonds. The van der Waals surface area contributed by atoms with Gasteiger partial charge in [-0.3, -0.25) is 4.79 Å². The summed E-state index contributed by atoms with van der Waals surface area (Å²) in [6, 6.07) is 6.08. The predicted molar refractivity (Wildman–Crippen MR) is 61.3 cm³/mol. The van der Waals surface area contributed by atoms with E-state index in [9.17, 15) is 15.0 Å². The van der Waals surface area contributed by atoms with Gasteiger partial charge in [0.2, 0.25) is 0 Å². The lowest BCUT2D eigenvalue weighted by Gasteiger charge is -2.29. The molecular formula is C12H17NO3. The van der Waals surface area contributed by atoms with E-state index in [4.69, 9.17) is 0 Å². The van der Waals surface area contributed by atoms with Gasteiger partial charge >= 0.3 is 0 Å². The van der Waals surface area contributed by atoms with Crippen molar-refractivity contribution in [1.82, 2.24) is 5.32 Å². The van der Waals surface area contributed by atoms with Gasteiger partial charge in [-0.05, 0) is 39.0 Å². The van der Waals surface area contributed by atoms with E-state index in [2.05, 4.69) is 5.32 Å². The Balaban J connectivity index is 2.81. The summed E-state index contributed by atoms with van der Waals surface area (Å²) >= 11 is 0. The Kier molecular flexibility index (Phi) is 3.55. The fourth-order valence-corrected chi connectivity index (χ4v) is 1.12. The van der Waals surface area contributed by atoms with Gasteiger partial charge in [0.25, 0.3) is 5.91 Å². The van der Waals surface area contributed by atoms with Crippen molar-refractivity contribution in [2.75, 3.05) is 0 Å². The van der Waals surface area contributed by atoms with Gasteiger partial charge in [0.15, 0.2) is 0 Å². The van der Waals surface area contributed by atoms with Crippen molar-refractivity contribution >= 4 is 5.91 Å². The third-order valence-corrected chi connectivity index (χ3v) is 2.59. The molecule has 0 fully saturated rings. The zero-order valence-corrected chi connectivity index (χ0v) is 9.69. The van der Waals surface area contributed by atoms with Crippen molar-refractivity contribution in [3.05, 3.63) is 29.8 Å². The lowest BCUT2D eigenvalue weighted by molar-refractivity contribution is 0.0709. The van der Waals surface area contributed by atoms with E-state index in [0.717, 1.165) is 0 Å². The zero-order valence-electron chi connectivity index (χ0n) is 9.69. The van der Waals surface area contributed by atoms with Gasteiger partial charge < -0.3 is 15.5 Å². The Labute approximate surface area is 94.9 Å². The first-order valence-corrected chi connectivity index (χ1v) is 5.12. The average molecular weight is 223 g/mol. The maximum absolute atomic E-state index is 11.8. The number of aliphatic hydroxyl groups excluding tert-OH is 1.